The lowest BCUT2D eigenvalue weighted by molar-refractivity contribution is 0.0601. The molecule has 0 bridgehead atoms. The largest absolute Gasteiger partial charge is 0.465 e. The first-order chi connectivity index (χ1) is 13.9. The molecule has 3 aromatic rings. The van der Waals surface area contributed by atoms with Crippen LogP contribution in [0.2, 0.25) is 5.02 Å². The number of rotatable bonds is 3. The molecule has 0 radical (unpaired) electrons. The van der Waals surface area contributed by atoms with E-state index in [1.165, 1.54) is 24.5 Å². The Kier molecular flexibility index (Phi) is 5.19. The molecule has 1 aromatic carbocycles. The van der Waals surface area contributed by atoms with Gasteiger partial charge in [-0.25, -0.2) is 4.79 Å². The molecular weight excluding hydrogens is 414 g/mol. The number of hydrogen-bond donors (Lipinski definition) is 1. The zero-order valence-electron chi connectivity index (χ0n) is 15.9. The Morgan fingerprint density at radius 3 is 2.72 bits per heavy atom. The topological polar surface area (TPSA) is 85.6 Å². The number of halogens is 1. The molecule has 0 spiro atoms. The summed E-state index contributed by atoms with van der Waals surface area (Å²) in [7, 11) is 1.32. The van der Waals surface area contributed by atoms with E-state index in [0.717, 1.165) is 47.8 Å². The normalized spacial score (nSPS) is 13.2. The summed E-state index contributed by atoms with van der Waals surface area (Å²) in [5, 5.41) is 3.91. The summed E-state index contributed by atoms with van der Waals surface area (Å²) in [5.74, 6) is -1.21. The minimum absolute atomic E-state index is 0.133. The molecule has 1 N–H and O–H groups in total. The molecule has 150 valence electrons. The summed E-state index contributed by atoms with van der Waals surface area (Å²) in [6.07, 6.45) is 3.67. The van der Waals surface area contributed by atoms with Gasteiger partial charge in [-0.15, -0.1) is 11.3 Å². The number of carbonyl (C=O) groups is 2. The summed E-state index contributed by atoms with van der Waals surface area (Å²) in [4.78, 5) is 38.7. The molecule has 1 aliphatic rings. The highest BCUT2D eigenvalue weighted by atomic mass is 35.5. The number of benzene rings is 1. The smallest absolute Gasteiger partial charge is 0.341 e. The summed E-state index contributed by atoms with van der Waals surface area (Å²) in [5.41, 5.74) is 1.99. The third-order valence-electron chi connectivity index (χ3n) is 5.02. The second-order valence-corrected chi connectivity index (χ2v) is 8.45. The van der Waals surface area contributed by atoms with E-state index in [4.69, 9.17) is 20.8 Å². The molecule has 8 heteroatoms. The maximum absolute atomic E-state index is 12.8. The minimum Gasteiger partial charge on any atom is -0.465 e. The average Bonchev–Trinajstić information content (AvgIpc) is 3.06. The number of thiophene rings is 1. The van der Waals surface area contributed by atoms with Crippen LogP contribution >= 0.6 is 22.9 Å². The number of fused-ring (bicyclic) bond motifs is 2. The summed E-state index contributed by atoms with van der Waals surface area (Å²) >= 11 is 7.45. The lowest BCUT2D eigenvalue weighted by Gasteiger charge is -2.11. The number of nitrogens with one attached hydrogen (secondary N) is 1. The summed E-state index contributed by atoms with van der Waals surface area (Å²) in [6, 6.07) is 4.29. The molecule has 29 heavy (non-hydrogen) atoms. The van der Waals surface area contributed by atoms with Gasteiger partial charge in [0.25, 0.3) is 5.91 Å². The van der Waals surface area contributed by atoms with Gasteiger partial charge >= 0.3 is 5.97 Å². The van der Waals surface area contributed by atoms with Gasteiger partial charge in [0.2, 0.25) is 0 Å². The van der Waals surface area contributed by atoms with Crippen LogP contribution in [-0.4, -0.2) is 19.0 Å². The molecule has 2 aromatic heterocycles. The molecule has 0 saturated heterocycles. The second-order valence-electron chi connectivity index (χ2n) is 6.93. The van der Waals surface area contributed by atoms with Gasteiger partial charge in [0.05, 0.1) is 18.1 Å². The molecule has 1 amide bonds. The van der Waals surface area contributed by atoms with Crippen molar-refractivity contribution >= 4 is 50.8 Å². The lowest BCUT2D eigenvalue weighted by Crippen LogP contribution is -2.17. The molecule has 6 nitrogen and oxygen atoms in total. The van der Waals surface area contributed by atoms with Gasteiger partial charge in [-0.3, -0.25) is 9.59 Å². The first-order valence-electron chi connectivity index (χ1n) is 9.17. The van der Waals surface area contributed by atoms with E-state index in [1.54, 1.807) is 13.0 Å². The van der Waals surface area contributed by atoms with Crippen LogP contribution in [-0.2, 0) is 17.6 Å². The Morgan fingerprint density at radius 2 is 1.97 bits per heavy atom. The van der Waals surface area contributed by atoms with Crippen LogP contribution in [0, 0.1) is 6.92 Å². The standard InChI is InChI=1S/C21H18ClNO5S/c1-10-7-15-12(8-13(10)22)14(24)9-16(28-15)19(25)23-20-18(21(26)27-2)11-5-3-4-6-17(11)29-20/h7-9H,3-6H2,1-2H3,(H,23,25). The van der Waals surface area contributed by atoms with Crippen LogP contribution in [0.25, 0.3) is 11.0 Å². The molecule has 0 atom stereocenters. The average molecular weight is 432 g/mol. The van der Waals surface area contributed by atoms with Gasteiger partial charge in [0.1, 0.15) is 10.6 Å². The highest BCUT2D eigenvalue weighted by molar-refractivity contribution is 7.17. The monoisotopic (exact) mass is 431 g/mol. The number of anilines is 1. The van der Waals surface area contributed by atoms with Crippen molar-refractivity contribution in [2.45, 2.75) is 32.6 Å². The fourth-order valence-electron chi connectivity index (χ4n) is 3.53. The van der Waals surface area contributed by atoms with Gasteiger partial charge in [0.15, 0.2) is 11.2 Å². The molecule has 1 aliphatic carbocycles. The van der Waals surface area contributed by atoms with Gasteiger partial charge in [-0.05, 0) is 55.9 Å². The fraction of sp³-hybridized carbons (Fsp3) is 0.286. The Balaban J connectivity index is 1.73. The number of hydrogen-bond acceptors (Lipinski definition) is 6. The number of amides is 1. The first-order valence-corrected chi connectivity index (χ1v) is 10.4. The maximum Gasteiger partial charge on any atom is 0.341 e. The number of aryl methyl sites for hydroxylation is 2. The van der Waals surface area contributed by atoms with Crippen molar-refractivity contribution in [1.29, 1.82) is 0 Å². The van der Waals surface area contributed by atoms with Crippen LogP contribution in [0.4, 0.5) is 5.00 Å². The number of ether oxygens (including phenoxy) is 1. The predicted octanol–water partition coefficient (Wildman–Crippen LogP) is 4.73. The third kappa shape index (κ3) is 3.56. The van der Waals surface area contributed by atoms with Crippen LogP contribution < -0.4 is 10.7 Å². The summed E-state index contributed by atoms with van der Waals surface area (Å²) < 4.78 is 10.6. The predicted molar refractivity (Wildman–Crippen MR) is 112 cm³/mol. The van der Waals surface area contributed by atoms with E-state index >= 15 is 0 Å². The van der Waals surface area contributed by atoms with Crippen molar-refractivity contribution in [3.63, 3.8) is 0 Å². The molecule has 0 unspecified atom stereocenters. The van der Waals surface area contributed by atoms with Crippen molar-refractivity contribution in [1.82, 2.24) is 0 Å². The lowest BCUT2D eigenvalue weighted by atomic mass is 9.95. The van der Waals surface area contributed by atoms with E-state index < -0.39 is 11.9 Å². The number of methoxy groups -OCH3 is 1. The van der Waals surface area contributed by atoms with Crippen LogP contribution in [0.15, 0.2) is 27.4 Å². The quantitative estimate of drug-likeness (QED) is 0.605. The van der Waals surface area contributed by atoms with Gasteiger partial charge in [-0.1, -0.05) is 11.6 Å². The van der Waals surface area contributed by atoms with E-state index in [1.807, 2.05) is 0 Å². The molecule has 0 saturated carbocycles. The van der Waals surface area contributed by atoms with Crippen molar-refractivity contribution < 1.29 is 18.7 Å². The summed E-state index contributed by atoms with van der Waals surface area (Å²) in [6.45, 7) is 1.79. The minimum atomic E-state index is -0.597. The molecule has 4 rings (SSSR count). The van der Waals surface area contributed by atoms with Gasteiger partial charge in [0, 0.05) is 16.0 Å². The van der Waals surface area contributed by atoms with Crippen LogP contribution in [0.1, 0.15) is 49.8 Å². The fourth-order valence-corrected chi connectivity index (χ4v) is 4.96. The van der Waals surface area contributed by atoms with Crippen molar-refractivity contribution in [3.05, 3.63) is 60.8 Å². The Hall–Kier alpha value is -2.64. The third-order valence-corrected chi connectivity index (χ3v) is 6.63. The highest BCUT2D eigenvalue weighted by Gasteiger charge is 2.27. The van der Waals surface area contributed by atoms with Crippen LogP contribution in [0.3, 0.4) is 0 Å². The van der Waals surface area contributed by atoms with E-state index in [-0.39, 0.29) is 16.8 Å². The van der Waals surface area contributed by atoms with Gasteiger partial charge < -0.3 is 14.5 Å². The van der Waals surface area contributed by atoms with Crippen molar-refractivity contribution in [2.24, 2.45) is 0 Å². The first kappa shape index (κ1) is 19.7. The van der Waals surface area contributed by atoms with Gasteiger partial charge in [-0.2, -0.15) is 0 Å². The zero-order chi connectivity index (χ0) is 20.7. The maximum atomic E-state index is 12.8. The Labute approximate surface area is 175 Å². The zero-order valence-corrected chi connectivity index (χ0v) is 17.5. The second kappa shape index (κ2) is 7.65. The number of esters is 1. The highest BCUT2D eigenvalue weighted by Crippen LogP contribution is 2.38. The van der Waals surface area contributed by atoms with E-state index in [2.05, 4.69) is 5.32 Å². The molecule has 0 fully saturated rings. The van der Waals surface area contributed by atoms with Crippen molar-refractivity contribution in [3.8, 4) is 0 Å². The Morgan fingerprint density at radius 1 is 1.21 bits per heavy atom. The SMILES string of the molecule is COC(=O)c1c(NC(=O)c2cc(=O)c3cc(Cl)c(C)cc3o2)sc2c1CCCC2. The number of carbonyl (C=O) groups excluding carboxylic acids is 2. The molecule has 2 heterocycles. The Bertz CT molecular complexity index is 1210. The molecule has 0 aliphatic heterocycles. The van der Waals surface area contributed by atoms with Crippen molar-refractivity contribution in [2.75, 3.05) is 12.4 Å². The van der Waals surface area contributed by atoms with Crippen LogP contribution in [0.5, 0.6) is 0 Å². The van der Waals surface area contributed by atoms with E-state index in [0.29, 0.717) is 21.0 Å². The van der Waals surface area contributed by atoms with E-state index in [9.17, 15) is 14.4 Å². The molecular formula is C21H18ClNO5S.